The molecule has 1 heterocycles. The molecule has 0 spiro atoms. The van der Waals surface area contributed by atoms with Gasteiger partial charge in [0.1, 0.15) is 0 Å². The summed E-state index contributed by atoms with van der Waals surface area (Å²) < 4.78 is 0. The van der Waals surface area contributed by atoms with Gasteiger partial charge in [-0.25, -0.2) is 0 Å². The number of amides is 1. The van der Waals surface area contributed by atoms with Crippen LogP contribution in [-0.2, 0) is 4.79 Å². The van der Waals surface area contributed by atoms with Crippen LogP contribution in [0.1, 0.15) is 30.6 Å². The predicted octanol–water partition coefficient (Wildman–Crippen LogP) is 1.85. The summed E-state index contributed by atoms with van der Waals surface area (Å²) in [5, 5.41) is 2.91. The second kappa shape index (κ2) is 5.87. The third kappa shape index (κ3) is 3.34. The van der Waals surface area contributed by atoms with Gasteiger partial charge in [0.05, 0.1) is 6.54 Å². The predicted molar refractivity (Wildman–Crippen MR) is 75.5 cm³/mol. The smallest absolute Gasteiger partial charge is 0.239 e. The average Bonchev–Trinajstić information content (AvgIpc) is 2.40. The quantitative estimate of drug-likeness (QED) is 0.899. The van der Waals surface area contributed by atoms with Crippen LogP contribution >= 0.6 is 0 Å². The van der Waals surface area contributed by atoms with Gasteiger partial charge in [-0.15, -0.1) is 0 Å². The van der Waals surface area contributed by atoms with E-state index in [1.165, 1.54) is 0 Å². The number of carbonyl (C=O) groups is 2. The molecular formula is C15H20N2O2. The SMILES string of the molecule is CC(C)CNC(=O)CN1CCC(=O)c2ccccc21. The molecule has 1 N–H and O–H groups in total. The summed E-state index contributed by atoms with van der Waals surface area (Å²) in [6.07, 6.45) is 0.481. The summed E-state index contributed by atoms with van der Waals surface area (Å²) in [6.45, 7) is 5.75. The molecule has 0 fully saturated rings. The van der Waals surface area contributed by atoms with E-state index in [4.69, 9.17) is 0 Å². The number of nitrogens with zero attached hydrogens (tertiary/aromatic N) is 1. The minimum atomic E-state index is 0.0119. The van der Waals surface area contributed by atoms with E-state index in [-0.39, 0.29) is 11.7 Å². The second-order valence-corrected chi connectivity index (χ2v) is 5.31. The first-order chi connectivity index (χ1) is 9.08. The Balaban J connectivity index is 2.04. The number of hydrogen-bond donors (Lipinski definition) is 1. The van der Waals surface area contributed by atoms with Crippen molar-refractivity contribution in [2.24, 2.45) is 5.92 Å². The summed E-state index contributed by atoms with van der Waals surface area (Å²) in [4.78, 5) is 25.7. The van der Waals surface area contributed by atoms with Gasteiger partial charge in [-0.3, -0.25) is 9.59 Å². The molecular weight excluding hydrogens is 240 g/mol. The van der Waals surface area contributed by atoms with Crippen LogP contribution < -0.4 is 10.2 Å². The molecule has 1 aliphatic heterocycles. The van der Waals surface area contributed by atoms with E-state index in [1.807, 2.05) is 29.2 Å². The number of Topliss-reactive ketones (excluding diaryl/α,β-unsaturated/α-hetero) is 1. The molecule has 19 heavy (non-hydrogen) atoms. The highest BCUT2D eigenvalue weighted by Crippen LogP contribution is 2.26. The third-order valence-electron chi connectivity index (χ3n) is 3.20. The Morgan fingerprint density at radius 1 is 1.37 bits per heavy atom. The van der Waals surface area contributed by atoms with Crippen molar-refractivity contribution in [2.45, 2.75) is 20.3 Å². The van der Waals surface area contributed by atoms with Gasteiger partial charge in [0, 0.05) is 30.8 Å². The van der Waals surface area contributed by atoms with E-state index in [0.29, 0.717) is 32.0 Å². The molecule has 0 aromatic heterocycles. The lowest BCUT2D eigenvalue weighted by atomic mass is 10.0. The number of ketones is 1. The van der Waals surface area contributed by atoms with Crippen LogP contribution in [0, 0.1) is 5.92 Å². The van der Waals surface area contributed by atoms with Crippen LogP contribution in [0.25, 0.3) is 0 Å². The number of fused-ring (bicyclic) bond motifs is 1. The minimum absolute atomic E-state index is 0.0119. The Morgan fingerprint density at radius 2 is 2.11 bits per heavy atom. The molecule has 0 saturated heterocycles. The van der Waals surface area contributed by atoms with E-state index in [1.54, 1.807) is 0 Å². The van der Waals surface area contributed by atoms with Crippen LogP contribution in [0.5, 0.6) is 0 Å². The summed E-state index contributed by atoms with van der Waals surface area (Å²) in [5.41, 5.74) is 1.60. The molecule has 0 bridgehead atoms. The van der Waals surface area contributed by atoms with Gasteiger partial charge in [0.2, 0.25) is 5.91 Å². The van der Waals surface area contributed by atoms with E-state index in [0.717, 1.165) is 11.3 Å². The summed E-state index contributed by atoms with van der Waals surface area (Å²) in [5.74, 6) is 0.617. The number of nitrogens with one attached hydrogen (secondary N) is 1. The van der Waals surface area contributed by atoms with Gasteiger partial charge in [-0.1, -0.05) is 26.0 Å². The molecule has 0 radical (unpaired) electrons. The van der Waals surface area contributed by atoms with Crippen molar-refractivity contribution in [1.82, 2.24) is 5.32 Å². The maximum atomic E-state index is 11.9. The molecule has 0 saturated carbocycles. The monoisotopic (exact) mass is 260 g/mol. The molecule has 1 aliphatic rings. The number of benzene rings is 1. The summed E-state index contributed by atoms with van der Waals surface area (Å²) >= 11 is 0. The molecule has 1 aromatic carbocycles. The van der Waals surface area contributed by atoms with Gasteiger partial charge in [0.25, 0.3) is 0 Å². The van der Waals surface area contributed by atoms with Gasteiger partial charge in [-0.05, 0) is 18.1 Å². The standard InChI is InChI=1S/C15H20N2O2/c1-11(2)9-16-15(19)10-17-8-7-14(18)12-5-3-4-6-13(12)17/h3-6,11H,7-10H2,1-2H3,(H,16,19). The Bertz CT molecular complexity index is 483. The fraction of sp³-hybridized carbons (Fsp3) is 0.467. The van der Waals surface area contributed by atoms with E-state index >= 15 is 0 Å². The molecule has 4 nitrogen and oxygen atoms in total. The van der Waals surface area contributed by atoms with Crippen molar-refractivity contribution in [1.29, 1.82) is 0 Å². The molecule has 102 valence electrons. The normalized spacial score (nSPS) is 14.5. The highest BCUT2D eigenvalue weighted by molar-refractivity contribution is 6.03. The fourth-order valence-corrected chi connectivity index (χ4v) is 2.19. The lowest BCUT2D eigenvalue weighted by Crippen LogP contribution is -2.41. The number of hydrogen-bond acceptors (Lipinski definition) is 3. The first-order valence-electron chi connectivity index (χ1n) is 6.72. The molecule has 2 rings (SSSR count). The first-order valence-corrected chi connectivity index (χ1v) is 6.72. The Morgan fingerprint density at radius 3 is 2.84 bits per heavy atom. The minimum Gasteiger partial charge on any atom is -0.361 e. The zero-order valence-corrected chi connectivity index (χ0v) is 11.5. The van der Waals surface area contributed by atoms with Crippen molar-refractivity contribution < 1.29 is 9.59 Å². The van der Waals surface area contributed by atoms with Crippen LogP contribution in [0.4, 0.5) is 5.69 Å². The average molecular weight is 260 g/mol. The largest absolute Gasteiger partial charge is 0.361 e. The van der Waals surface area contributed by atoms with Gasteiger partial charge < -0.3 is 10.2 Å². The second-order valence-electron chi connectivity index (χ2n) is 5.31. The van der Waals surface area contributed by atoms with E-state index < -0.39 is 0 Å². The fourth-order valence-electron chi connectivity index (χ4n) is 2.19. The van der Waals surface area contributed by atoms with E-state index in [2.05, 4.69) is 19.2 Å². The van der Waals surface area contributed by atoms with E-state index in [9.17, 15) is 9.59 Å². The van der Waals surface area contributed by atoms with Crippen molar-refractivity contribution >= 4 is 17.4 Å². The highest BCUT2D eigenvalue weighted by Gasteiger charge is 2.23. The first kappa shape index (κ1) is 13.6. The van der Waals surface area contributed by atoms with Gasteiger partial charge >= 0.3 is 0 Å². The topological polar surface area (TPSA) is 49.4 Å². The summed E-state index contributed by atoms with van der Waals surface area (Å²) in [6, 6.07) is 7.49. The van der Waals surface area contributed by atoms with Crippen LogP contribution in [-0.4, -0.2) is 31.3 Å². The van der Waals surface area contributed by atoms with Gasteiger partial charge in [-0.2, -0.15) is 0 Å². The zero-order valence-electron chi connectivity index (χ0n) is 11.5. The number of rotatable bonds is 4. The molecule has 4 heteroatoms. The summed E-state index contributed by atoms with van der Waals surface area (Å²) in [7, 11) is 0. The van der Waals surface area contributed by atoms with Crippen LogP contribution in [0.3, 0.4) is 0 Å². The number of anilines is 1. The Hall–Kier alpha value is -1.84. The van der Waals surface area contributed by atoms with Gasteiger partial charge in [0.15, 0.2) is 5.78 Å². The number of para-hydroxylation sites is 1. The lowest BCUT2D eigenvalue weighted by molar-refractivity contribution is -0.119. The Labute approximate surface area is 113 Å². The molecule has 0 aliphatic carbocycles. The molecule has 1 amide bonds. The maximum absolute atomic E-state index is 11.9. The maximum Gasteiger partial charge on any atom is 0.239 e. The van der Waals surface area contributed by atoms with Crippen molar-refractivity contribution in [3.8, 4) is 0 Å². The number of carbonyl (C=O) groups excluding carboxylic acids is 2. The highest BCUT2D eigenvalue weighted by atomic mass is 16.2. The van der Waals surface area contributed by atoms with Crippen molar-refractivity contribution in [3.05, 3.63) is 29.8 Å². The van der Waals surface area contributed by atoms with Crippen molar-refractivity contribution in [2.75, 3.05) is 24.5 Å². The van der Waals surface area contributed by atoms with Crippen LogP contribution in [0.15, 0.2) is 24.3 Å². The molecule has 0 unspecified atom stereocenters. The zero-order chi connectivity index (χ0) is 13.8. The lowest BCUT2D eigenvalue weighted by Gasteiger charge is -2.29. The molecule has 1 aromatic rings. The third-order valence-corrected chi connectivity index (χ3v) is 3.20. The van der Waals surface area contributed by atoms with Crippen LogP contribution in [0.2, 0.25) is 0 Å². The Kier molecular flexibility index (Phi) is 4.20. The molecule has 0 atom stereocenters. The van der Waals surface area contributed by atoms with Crippen molar-refractivity contribution in [3.63, 3.8) is 0 Å².